The van der Waals surface area contributed by atoms with Gasteiger partial charge in [0.15, 0.2) is 0 Å². The van der Waals surface area contributed by atoms with Crippen LogP contribution in [0.15, 0.2) is 35.2 Å². The van der Waals surface area contributed by atoms with Gasteiger partial charge in [-0.25, -0.2) is 8.42 Å². The van der Waals surface area contributed by atoms with Crippen molar-refractivity contribution in [1.29, 1.82) is 0 Å². The zero-order chi connectivity index (χ0) is 27.5. The van der Waals surface area contributed by atoms with E-state index < -0.39 is 10.1 Å². The largest absolute Gasteiger partial charge is 1.00 e. The molecule has 3 nitrogen and oxygen atoms in total. The van der Waals surface area contributed by atoms with Crippen LogP contribution in [-0.2, 0) is 23.0 Å². The Morgan fingerprint density at radius 2 is 0.974 bits per heavy atom. The van der Waals surface area contributed by atoms with Crippen molar-refractivity contribution in [3.05, 3.63) is 41.5 Å². The van der Waals surface area contributed by atoms with Crippen LogP contribution in [0.1, 0.15) is 153 Å². The fourth-order valence-corrected chi connectivity index (χ4v) is 6.28. The number of hydrogen-bond donors (Lipinski definition) is 0. The van der Waals surface area contributed by atoms with Crippen LogP contribution in [0, 0.1) is 0 Å². The van der Waals surface area contributed by atoms with Crippen molar-refractivity contribution < 1.29 is 42.5 Å². The molecule has 2 rings (SSSR count). The Morgan fingerprint density at radius 1 is 0.564 bits per heavy atom. The predicted molar refractivity (Wildman–Crippen MR) is 163 cm³/mol. The molecule has 0 radical (unpaired) electrons. The summed E-state index contributed by atoms with van der Waals surface area (Å²) in [5, 5.41) is 2.08. The van der Waals surface area contributed by atoms with Gasteiger partial charge in [-0.3, -0.25) is 0 Å². The van der Waals surface area contributed by atoms with Gasteiger partial charge in [-0.05, 0) is 59.7 Å². The van der Waals surface area contributed by atoms with Gasteiger partial charge in [-0.1, -0.05) is 148 Å². The Morgan fingerprint density at radius 3 is 1.41 bits per heavy atom. The average molecular weight is 567 g/mol. The number of rotatable bonds is 23. The number of aryl methyl sites for hydroxylation is 2. The van der Waals surface area contributed by atoms with E-state index in [0.29, 0.717) is 0 Å². The van der Waals surface area contributed by atoms with Crippen LogP contribution in [0.2, 0.25) is 0 Å². The van der Waals surface area contributed by atoms with E-state index in [9.17, 15) is 13.0 Å². The molecule has 0 saturated carbocycles. The molecule has 0 unspecified atom stereocenters. The van der Waals surface area contributed by atoms with E-state index in [0.717, 1.165) is 43.1 Å². The van der Waals surface area contributed by atoms with Gasteiger partial charge in [0.25, 0.3) is 0 Å². The molecule has 0 aliphatic rings. The summed E-state index contributed by atoms with van der Waals surface area (Å²) in [4.78, 5) is -0.0804. The first-order chi connectivity index (χ1) is 18.5. The van der Waals surface area contributed by atoms with Crippen molar-refractivity contribution in [1.82, 2.24) is 0 Å². The Labute approximate surface area is 263 Å². The minimum absolute atomic E-state index is 0. The van der Waals surface area contributed by atoms with Crippen molar-refractivity contribution in [2.45, 2.75) is 160 Å². The van der Waals surface area contributed by atoms with Crippen LogP contribution in [0.5, 0.6) is 0 Å². The van der Waals surface area contributed by atoms with Crippen molar-refractivity contribution >= 4 is 20.9 Å². The van der Waals surface area contributed by atoms with Crippen LogP contribution in [0.3, 0.4) is 0 Å². The molecule has 2 aromatic rings. The normalized spacial score (nSPS) is 11.7. The van der Waals surface area contributed by atoms with E-state index in [1.807, 2.05) is 12.1 Å². The second kappa shape index (κ2) is 22.2. The van der Waals surface area contributed by atoms with E-state index in [1.165, 1.54) is 120 Å². The van der Waals surface area contributed by atoms with Gasteiger partial charge in [0.2, 0.25) is 0 Å². The quantitative estimate of drug-likeness (QED) is 0.0788. The molecule has 0 atom stereocenters. The molecule has 0 amide bonds. The maximum atomic E-state index is 11.9. The van der Waals surface area contributed by atoms with Crippen molar-refractivity contribution in [3.8, 4) is 0 Å². The third-order valence-corrected chi connectivity index (χ3v) is 8.82. The number of fused-ring (bicyclic) bond motifs is 1. The van der Waals surface area contributed by atoms with E-state index in [2.05, 4.69) is 19.9 Å². The third kappa shape index (κ3) is 15.4. The minimum atomic E-state index is -4.47. The first kappa shape index (κ1) is 36.6. The van der Waals surface area contributed by atoms with Crippen molar-refractivity contribution in [3.63, 3.8) is 0 Å². The van der Waals surface area contributed by atoms with Crippen molar-refractivity contribution in [2.75, 3.05) is 0 Å². The van der Waals surface area contributed by atoms with Crippen LogP contribution < -0.4 is 29.6 Å². The Hall–Kier alpha value is -0.390. The van der Waals surface area contributed by atoms with Gasteiger partial charge in [0, 0.05) is 0 Å². The second-order valence-electron chi connectivity index (χ2n) is 11.4. The van der Waals surface area contributed by atoms with Gasteiger partial charge in [0.1, 0.15) is 10.1 Å². The zero-order valence-corrected chi connectivity index (χ0v) is 28.4. The molecule has 0 bridgehead atoms. The molecular weight excluding hydrogens is 511 g/mol. The van der Waals surface area contributed by atoms with Crippen LogP contribution >= 0.6 is 0 Å². The second-order valence-corrected chi connectivity index (χ2v) is 12.8. The minimum Gasteiger partial charge on any atom is -0.744 e. The van der Waals surface area contributed by atoms with Crippen LogP contribution in [0.25, 0.3) is 10.8 Å². The summed E-state index contributed by atoms with van der Waals surface area (Å²) in [7, 11) is -4.47. The monoisotopic (exact) mass is 566 g/mol. The molecule has 39 heavy (non-hydrogen) atoms. The molecular formula is C34H55NaO3S. The topological polar surface area (TPSA) is 57.2 Å². The Balaban J connectivity index is 0.00000760. The molecule has 0 N–H and O–H groups in total. The SMILES string of the molecule is CCCCCCCCCCCCc1cccc2cc(S(=O)(=O)[O-])cc(CCCCCCCCCCCC)c12.[Na+]. The molecule has 0 heterocycles. The first-order valence-electron chi connectivity index (χ1n) is 16.0. The fraction of sp³-hybridized carbons (Fsp3) is 0.706. The Bertz CT molecular complexity index is 1000. The molecule has 0 fully saturated rings. The average Bonchev–Trinajstić information content (AvgIpc) is 2.90. The van der Waals surface area contributed by atoms with Gasteiger partial charge < -0.3 is 4.55 Å². The molecule has 0 spiro atoms. The molecule has 0 saturated heterocycles. The summed E-state index contributed by atoms with van der Waals surface area (Å²) < 4.78 is 35.6. The standard InChI is InChI=1S/C34H56O3S.Na/c1-3-5-7-9-11-13-15-17-19-21-24-30-26-23-27-32-29-33(38(35,36)37)28-31(34(30)32)25-22-20-18-16-14-12-10-8-6-4-2;/h23,26-29H,3-22,24-25H2,1-2H3,(H,35,36,37);/q;+1/p-1. The molecule has 0 aromatic heterocycles. The summed E-state index contributed by atoms with van der Waals surface area (Å²) in [6.45, 7) is 4.52. The number of hydrogen-bond acceptors (Lipinski definition) is 3. The van der Waals surface area contributed by atoms with Gasteiger partial charge in [-0.15, -0.1) is 0 Å². The summed E-state index contributed by atoms with van der Waals surface area (Å²) in [6.07, 6.45) is 27.8. The first-order valence-corrected chi connectivity index (χ1v) is 17.4. The van der Waals surface area contributed by atoms with E-state index >= 15 is 0 Å². The Kier molecular flexibility index (Phi) is 20.9. The van der Waals surface area contributed by atoms with Gasteiger partial charge >= 0.3 is 29.6 Å². The third-order valence-electron chi connectivity index (χ3n) is 8.01. The van der Waals surface area contributed by atoms with Crippen molar-refractivity contribution in [2.24, 2.45) is 0 Å². The maximum absolute atomic E-state index is 11.9. The van der Waals surface area contributed by atoms with Gasteiger partial charge in [-0.2, -0.15) is 0 Å². The molecule has 216 valence electrons. The fourth-order valence-electron chi connectivity index (χ4n) is 5.73. The van der Waals surface area contributed by atoms with E-state index in [-0.39, 0.29) is 34.5 Å². The molecule has 5 heteroatoms. The predicted octanol–water partition coefficient (Wildman–Crippen LogP) is 7.67. The summed E-state index contributed by atoms with van der Waals surface area (Å²) >= 11 is 0. The van der Waals surface area contributed by atoms with E-state index in [1.54, 1.807) is 12.1 Å². The molecule has 0 aliphatic carbocycles. The van der Waals surface area contributed by atoms with Gasteiger partial charge in [0.05, 0.1) is 4.90 Å². The van der Waals surface area contributed by atoms with Crippen LogP contribution in [0.4, 0.5) is 0 Å². The maximum Gasteiger partial charge on any atom is 1.00 e. The summed E-state index contributed by atoms with van der Waals surface area (Å²) in [5.74, 6) is 0. The molecule has 0 aliphatic heterocycles. The van der Waals surface area contributed by atoms with Crippen LogP contribution in [-0.4, -0.2) is 13.0 Å². The smallest absolute Gasteiger partial charge is 0.744 e. The number of unbranched alkanes of at least 4 members (excludes halogenated alkanes) is 18. The summed E-state index contributed by atoms with van der Waals surface area (Å²) in [6, 6.07) is 9.43. The molecule has 2 aromatic carbocycles. The zero-order valence-electron chi connectivity index (χ0n) is 25.6. The number of benzene rings is 2. The summed E-state index contributed by atoms with van der Waals surface area (Å²) in [5.41, 5.74) is 2.35. The van der Waals surface area contributed by atoms with E-state index in [4.69, 9.17) is 0 Å².